The van der Waals surface area contributed by atoms with Crippen molar-refractivity contribution in [1.29, 1.82) is 0 Å². The van der Waals surface area contributed by atoms with E-state index >= 15 is 0 Å². The fourth-order valence-electron chi connectivity index (χ4n) is 1.56. The standard InChI is InChI=1S/C11H17FN2O2/c1-7-6-8(4-5-9(7)12)10(14-13)11(15-2)16-3/h4-6,10-11,14H,13H2,1-3H3. The molecule has 1 unspecified atom stereocenters. The van der Waals surface area contributed by atoms with E-state index in [4.69, 9.17) is 15.3 Å². The minimum Gasteiger partial charge on any atom is -0.354 e. The third-order valence-electron chi connectivity index (χ3n) is 2.46. The average molecular weight is 228 g/mol. The molecule has 1 atom stereocenters. The van der Waals surface area contributed by atoms with Gasteiger partial charge in [-0.1, -0.05) is 12.1 Å². The number of aryl methyl sites for hydroxylation is 1. The number of nitrogens with two attached hydrogens (primary N) is 1. The van der Waals surface area contributed by atoms with Crippen LogP contribution in [0.1, 0.15) is 17.2 Å². The fraction of sp³-hybridized carbons (Fsp3) is 0.455. The van der Waals surface area contributed by atoms with Gasteiger partial charge in [0.25, 0.3) is 0 Å². The molecule has 3 N–H and O–H groups in total. The van der Waals surface area contributed by atoms with Crippen LogP contribution in [0.2, 0.25) is 0 Å². The summed E-state index contributed by atoms with van der Waals surface area (Å²) in [5.41, 5.74) is 3.97. The number of rotatable bonds is 5. The van der Waals surface area contributed by atoms with Crippen molar-refractivity contribution in [3.63, 3.8) is 0 Å². The molecule has 0 spiro atoms. The summed E-state index contributed by atoms with van der Waals surface area (Å²) in [7, 11) is 3.05. The van der Waals surface area contributed by atoms with Crippen LogP contribution < -0.4 is 11.3 Å². The second-order valence-electron chi connectivity index (χ2n) is 3.49. The summed E-state index contributed by atoms with van der Waals surface area (Å²) in [5.74, 6) is 5.20. The molecule has 0 aliphatic carbocycles. The number of methoxy groups -OCH3 is 2. The minimum absolute atomic E-state index is 0.245. The number of hydrazine groups is 1. The largest absolute Gasteiger partial charge is 0.354 e. The maximum atomic E-state index is 13.1. The van der Waals surface area contributed by atoms with Crippen LogP contribution in [0.3, 0.4) is 0 Å². The highest BCUT2D eigenvalue weighted by Crippen LogP contribution is 2.21. The molecular formula is C11H17FN2O2. The molecular weight excluding hydrogens is 211 g/mol. The van der Waals surface area contributed by atoms with Crippen LogP contribution in [-0.4, -0.2) is 20.5 Å². The normalized spacial score (nSPS) is 13.1. The predicted molar refractivity (Wildman–Crippen MR) is 59.0 cm³/mol. The Morgan fingerprint density at radius 3 is 2.38 bits per heavy atom. The van der Waals surface area contributed by atoms with E-state index in [0.717, 1.165) is 5.56 Å². The molecule has 0 amide bonds. The summed E-state index contributed by atoms with van der Waals surface area (Å²) in [4.78, 5) is 0. The van der Waals surface area contributed by atoms with E-state index in [1.54, 1.807) is 19.1 Å². The van der Waals surface area contributed by atoms with Gasteiger partial charge in [0.1, 0.15) is 5.82 Å². The van der Waals surface area contributed by atoms with E-state index < -0.39 is 6.29 Å². The highest BCUT2D eigenvalue weighted by molar-refractivity contribution is 5.26. The van der Waals surface area contributed by atoms with Crippen LogP contribution in [0, 0.1) is 12.7 Å². The number of ether oxygens (including phenoxy) is 2. The number of hydrogen-bond acceptors (Lipinski definition) is 4. The van der Waals surface area contributed by atoms with Gasteiger partial charge < -0.3 is 9.47 Å². The van der Waals surface area contributed by atoms with Gasteiger partial charge in [0, 0.05) is 14.2 Å². The highest BCUT2D eigenvalue weighted by atomic mass is 19.1. The minimum atomic E-state index is -0.519. The Morgan fingerprint density at radius 1 is 1.31 bits per heavy atom. The number of benzene rings is 1. The van der Waals surface area contributed by atoms with Crippen molar-refractivity contribution in [2.75, 3.05) is 14.2 Å². The first-order valence-electron chi connectivity index (χ1n) is 4.91. The number of nitrogens with one attached hydrogen (secondary N) is 1. The van der Waals surface area contributed by atoms with Gasteiger partial charge in [-0.25, -0.2) is 9.82 Å². The molecule has 1 rings (SSSR count). The molecule has 0 aromatic heterocycles. The molecule has 1 aromatic carbocycles. The Kier molecular flexibility index (Phi) is 4.82. The lowest BCUT2D eigenvalue weighted by Gasteiger charge is -2.24. The quantitative estimate of drug-likeness (QED) is 0.452. The molecule has 0 bridgehead atoms. The van der Waals surface area contributed by atoms with Crippen LogP contribution in [0.15, 0.2) is 18.2 Å². The lowest BCUT2D eigenvalue weighted by molar-refractivity contribution is -0.124. The van der Waals surface area contributed by atoms with Gasteiger partial charge in [-0.3, -0.25) is 5.84 Å². The summed E-state index contributed by atoms with van der Waals surface area (Å²) >= 11 is 0. The van der Waals surface area contributed by atoms with E-state index in [0.29, 0.717) is 5.56 Å². The molecule has 0 aliphatic heterocycles. The van der Waals surface area contributed by atoms with Gasteiger partial charge in [0.05, 0.1) is 6.04 Å². The first-order chi connectivity index (χ1) is 7.63. The molecule has 0 radical (unpaired) electrons. The molecule has 5 heteroatoms. The summed E-state index contributed by atoms with van der Waals surface area (Å²) in [6.07, 6.45) is -0.519. The molecule has 90 valence electrons. The van der Waals surface area contributed by atoms with Crippen LogP contribution in [0.5, 0.6) is 0 Å². The lowest BCUT2D eigenvalue weighted by Crippen LogP contribution is -2.38. The van der Waals surface area contributed by atoms with Gasteiger partial charge in [0.15, 0.2) is 6.29 Å². The van der Waals surface area contributed by atoms with Gasteiger partial charge in [0.2, 0.25) is 0 Å². The van der Waals surface area contributed by atoms with Crippen molar-refractivity contribution in [3.05, 3.63) is 35.1 Å². The Labute approximate surface area is 94.5 Å². The van der Waals surface area contributed by atoms with Crippen molar-refractivity contribution < 1.29 is 13.9 Å². The summed E-state index contributed by atoms with van der Waals surface area (Å²) < 4.78 is 23.4. The monoisotopic (exact) mass is 228 g/mol. The van der Waals surface area contributed by atoms with Crippen molar-refractivity contribution in [2.45, 2.75) is 19.3 Å². The second kappa shape index (κ2) is 5.91. The smallest absolute Gasteiger partial charge is 0.177 e. The van der Waals surface area contributed by atoms with Crippen molar-refractivity contribution in [2.24, 2.45) is 5.84 Å². The summed E-state index contributed by atoms with van der Waals surface area (Å²) in [6.45, 7) is 1.70. The molecule has 4 nitrogen and oxygen atoms in total. The number of hydrogen-bond donors (Lipinski definition) is 2. The van der Waals surface area contributed by atoms with Crippen molar-refractivity contribution in [3.8, 4) is 0 Å². The van der Waals surface area contributed by atoms with Crippen LogP contribution in [-0.2, 0) is 9.47 Å². The van der Waals surface area contributed by atoms with E-state index in [-0.39, 0.29) is 11.9 Å². The van der Waals surface area contributed by atoms with Gasteiger partial charge >= 0.3 is 0 Å². The van der Waals surface area contributed by atoms with Crippen molar-refractivity contribution in [1.82, 2.24) is 5.43 Å². The zero-order valence-electron chi connectivity index (χ0n) is 9.66. The first kappa shape index (κ1) is 13.1. The van der Waals surface area contributed by atoms with Gasteiger partial charge in [-0.15, -0.1) is 0 Å². The zero-order valence-corrected chi connectivity index (χ0v) is 9.66. The maximum absolute atomic E-state index is 13.1. The molecule has 16 heavy (non-hydrogen) atoms. The zero-order chi connectivity index (χ0) is 12.1. The highest BCUT2D eigenvalue weighted by Gasteiger charge is 2.21. The Bertz CT molecular complexity index is 343. The molecule has 0 saturated carbocycles. The third-order valence-corrected chi connectivity index (χ3v) is 2.46. The first-order valence-corrected chi connectivity index (χ1v) is 4.91. The molecule has 0 saturated heterocycles. The molecule has 0 aliphatic rings. The van der Waals surface area contributed by atoms with E-state index in [1.807, 2.05) is 0 Å². The Balaban J connectivity index is 2.98. The number of halogens is 1. The second-order valence-corrected chi connectivity index (χ2v) is 3.49. The van der Waals surface area contributed by atoms with Crippen LogP contribution in [0.4, 0.5) is 4.39 Å². The van der Waals surface area contributed by atoms with E-state index in [9.17, 15) is 4.39 Å². The molecule has 0 fully saturated rings. The fourth-order valence-corrected chi connectivity index (χ4v) is 1.56. The third kappa shape index (κ3) is 2.76. The topological polar surface area (TPSA) is 56.5 Å². The van der Waals surface area contributed by atoms with Gasteiger partial charge in [-0.2, -0.15) is 0 Å². The average Bonchev–Trinajstić information content (AvgIpc) is 2.29. The Morgan fingerprint density at radius 2 is 1.94 bits per heavy atom. The summed E-state index contributed by atoms with van der Waals surface area (Å²) in [5, 5.41) is 0. The van der Waals surface area contributed by atoms with Crippen molar-refractivity contribution >= 4 is 0 Å². The summed E-state index contributed by atoms with van der Waals surface area (Å²) in [6, 6.07) is 4.43. The molecule has 0 heterocycles. The maximum Gasteiger partial charge on any atom is 0.177 e. The van der Waals surface area contributed by atoms with Crippen LogP contribution >= 0.6 is 0 Å². The lowest BCUT2D eigenvalue weighted by atomic mass is 10.0. The predicted octanol–water partition coefficient (Wildman–Crippen LogP) is 1.26. The van der Waals surface area contributed by atoms with Gasteiger partial charge in [-0.05, 0) is 24.1 Å². The SMILES string of the molecule is COC(OC)C(NN)c1ccc(F)c(C)c1. The van der Waals surface area contributed by atoms with E-state index in [2.05, 4.69) is 5.43 Å². The van der Waals surface area contributed by atoms with E-state index in [1.165, 1.54) is 20.3 Å². The molecule has 1 aromatic rings. The Hall–Kier alpha value is -1.01. The van der Waals surface area contributed by atoms with Crippen LogP contribution in [0.25, 0.3) is 0 Å².